The summed E-state index contributed by atoms with van der Waals surface area (Å²) in [5, 5.41) is 17.4. The van der Waals surface area contributed by atoms with E-state index in [1.165, 1.54) is 0 Å². The molecule has 0 fully saturated rings. The third-order valence-corrected chi connectivity index (χ3v) is 4.10. The first-order valence-electron chi connectivity index (χ1n) is 6.25. The number of hydrogen-bond donors (Lipinski definition) is 2. The van der Waals surface area contributed by atoms with Gasteiger partial charge in [0, 0.05) is 35.5 Å². The second kappa shape index (κ2) is 5.42. The van der Waals surface area contributed by atoms with E-state index in [9.17, 15) is 4.79 Å². The zero-order valence-corrected chi connectivity index (χ0v) is 12.3. The van der Waals surface area contributed by atoms with Crippen LogP contribution in [0.5, 0.6) is 0 Å². The summed E-state index contributed by atoms with van der Waals surface area (Å²) in [5.74, 6) is -0.861. The molecule has 0 atom stereocenters. The zero-order chi connectivity index (χ0) is 15.0. The normalized spacial score (nSPS) is 11.1. The maximum Gasteiger partial charge on any atom is 0.305 e. The molecule has 0 radical (unpaired) electrons. The SMILES string of the molecule is O=C(O)CCn1cc(-c2cn[nH]c2)c2ccc(Cl)c(Cl)c21. The van der Waals surface area contributed by atoms with E-state index in [2.05, 4.69) is 10.2 Å². The van der Waals surface area contributed by atoms with Crippen molar-refractivity contribution in [2.24, 2.45) is 0 Å². The molecule has 3 aromatic rings. The van der Waals surface area contributed by atoms with Crippen LogP contribution in [-0.2, 0) is 11.3 Å². The Hall–Kier alpha value is -1.98. The predicted octanol–water partition coefficient (Wildman–Crippen LogP) is 3.81. The summed E-state index contributed by atoms with van der Waals surface area (Å²) in [5.41, 5.74) is 2.58. The van der Waals surface area contributed by atoms with Crippen molar-refractivity contribution >= 4 is 40.1 Å². The molecule has 2 aromatic heterocycles. The van der Waals surface area contributed by atoms with Crippen LogP contribution >= 0.6 is 23.2 Å². The lowest BCUT2D eigenvalue weighted by molar-refractivity contribution is -0.137. The summed E-state index contributed by atoms with van der Waals surface area (Å²) < 4.78 is 1.82. The van der Waals surface area contributed by atoms with Gasteiger partial charge in [-0.3, -0.25) is 9.89 Å². The summed E-state index contributed by atoms with van der Waals surface area (Å²) in [6.45, 7) is 0.323. The minimum atomic E-state index is -0.861. The number of benzene rings is 1. The van der Waals surface area contributed by atoms with Crippen molar-refractivity contribution in [1.29, 1.82) is 0 Å². The third-order valence-electron chi connectivity index (χ3n) is 3.31. The Labute approximate surface area is 130 Å². The number of hydrogen-bond acceptors (Lipinski definition) is 2. The summed E-state index contributed by atoms with van der Waals surface area (Å²) in [4.78, 5) is 10.8. The standard InChI is InChI=1S/C14H11Cl2N3O2/c15-11-2-1-9-10(8-5-17-18-6-8)7-19(4-3-12(20)21)14(9)13(11)16/h1-2,5-7H,3-4H2,(H,17,18)(H,20,21). The van der Waals surface area contributed by atoms with Gasteiger partial charge in [0.15, 0.2) is 0 Å². The Morgan fingerprint density at radius 2 is 2.19 bits per heavy atom. The zero-order valence-electron chi connectivity index (χ0n) is 10.8. The van der Waals surface area contributed by atoms with E-state index in [1.54, 1.807) is 18.5 Å². The van der Waals surface area contributed by atoms with Gasteiger partial charge >= 0.3 is 5.97 Å². The van der Waals surface area contributed by atoms with Gasteiger partial charge in [-0.25, -0.2) is 0 Å². The van der Waals surface area contributed by atoms with E-state index >= 15 is 0 Å². The molecule has 108 valence electrons. The van der Waals surface area contributed by atoms with Crippen molar-refractivity contribution < 1.29 is 9.90 Å². The molecule has 0 saturated heterocycles. The van der Waals surface area contributed by atoms with Gasteiger partial charge in [-0.1, -0.05) is 29.3 Å². The largest absolute Gasteiger partial charge is 0.481 e. The second-order valence-electron chi connectivity index (χ2n) is 4.62. The van der Waals surface area contributed by atoms with Crippen LogP contribution in [-0.4, -0.2) is 25.8 Å². The number of halogens is 2. The lowest BCUT2D eigenvalue weighted by Gasteiger charge is -2.05. The fourth-order valence-electron chi connectivity index (χ4n) is 2.35. The van der Waals surface area contributed by atoms with Crippen LogP contribution in [0.15, 0.2) is 30.7 Å². The molecule has 0 unspecified atom stereocenters. The van der Waals surface area contributed by atoms with Crippen molar-refractivity contribution in [3.05, 3.63) is 40.8 Å². The van der Waals surface area contributed by atoms with Crippen LogP contribution in [0, 0.1) is 0 Å². The molecule has 21 heavy (non-hydrogen) atoms. The number of aliphatic carboxylic acids is 1. The molecular formula is C14H11Cl2N3O2. The maximum absolute atomic E-state index is 10.8. The Morgan fingerprint density at radius 3 is 2.86 bits per heavy atom. The molecule has 0 bridgehead atoms. The lowest BCUT2D eigenvalue weighted by atomic mass is 10.1. The van der Waals surface area contributed by atoms with Gasteiger partial charge in [0.2, 0.25) is 0 Å². The summed E-state index contributed by atoms with van der Waals surface area (Å²) in [7, 11) is 0. The Kier molecular flexibility index (Phi) is 3.61. The summed E-state index contributed by atoms with van der Waals surface area (Å²) in [6.07, 6.45) is 5.37. The third kappa shape index (κ3) is 2.50. The number of aromatic nitrogens is 3. The molecule has 0 saturated carbocycles. The van der Waals surface area contributed by atoms with E-state index < -0.39 is 5.97 Å². The van der Waals surface area contributed by atoms with Crippen LogP contribution in [0.3, 0.4) is 0 Å². The number of carboxylic acids is 1. The predicted molar refractivity (Wildman–Crippen MR) is 81.8 cm³/mol. The number of nitrogens with zero attached hydrogens (tertiary/aromatic N) is 2. The number of H-pyrrole nitrogens is 1. The highest BCUT2D eigenvalue weighted by molar-refractivity contribution is 6.45. The monoisotopic (exact) mass is 323 g/mol. The molecule has 2 N–H and O–H groups in total. The highest BCUT2D eigenvalue weighted by Crippen LogP contribution is 2.37. The molecule has 3 rings (SSSR count). The molecule has 0 amide bonds. The van der Waals surface area contributed by atoms with E-state index in [0.29, 0.717) is 16.6 Å². The van der Waals surface area contributed by atoms with E-state index in [0.717, 1.165) is 22.0 Å². The molecule has 1 aromatic carbocycles. The van der Waals surface area contributed by atoms with Crippen LogP contribution < -0.4 is 0 Å². The van der Waals surface area contributed by atoms with Gasteiger partial charge in [0.1, 0.15) is 0 Å². The van der Waals surface area contributed by atoms with E-state index in [1.807, 2.05) is 16.8 Å². The fraction of sp³-hybridized carbons (Fsp3) is 0.143. The van der Waals surface area contributed by atoms with Crippen molar-refractivity contribution in [2.75, 3.05) is 0 Å². The maximum atomic E-state index is 10.8. The van der Waals surface area contributed by atoms with Crippen LogP contribution in [0.25, 0.3) is 22.0 Å². The van der Waals surface area contributed by atoms with E-state index in [4.69, 9.17) is 28.3 Å². The van der Waals surface area contributed by atoms with Gasteiger partial charge in [-0.05, 0) is 6.07 Å². The summed E-state index contributed by atoms with van der Waals surface area (Å²) >= 11 is 12.4. The minimum absolute atomic E-state index is 0.0114. The summed E-state index contributed by atoms with van der Waals surface area (Å²) in [6, 6.07) is 3.61. The molecule has 0 aliphatic rings. The van der Waals surface area contributed by atoms with Gasteiger partial charge < -0.3 is 9.67 Å². The topological polar surface area (TPSA) is 70.9 Å². The number of aryl methyl sites for hydroxylation is 1. The minimum Gasteiger partial charge on any atom is -0.481 e. The van der Waals surface area contributed by atoms with Gasteiger partial charge in [-0.15, -0.1) is 0 Å². The van der Waals surface area contributed by atoms with Crippen LogP contribution in [0.2, 0.25) is 10.0 Å². The first-order chi connectivity index (χ1) is 10.1. The number of nitrogens with one attached hydrogen (secondary N) is 1. The van der Waals surface area contributed by atoms with Gasteiger partial charge in [-0.2, -0.15) is 5.10 Å². The number of fused-ring (bicyclic) bond motifs is 1. The highest BCUT2D eigenvalue weighted by atomic mass is 35.5. The number of carbonyl (C=O) groups is 1. The van der Waals surface area contributed by atoms with Crippen LogP contribution in [0.4, 0.5) is 0 Å². The molecule has 5 nitrogen and oxygen atoms in total. The molecule has 0 aliphatic heterocycles. The average Bonchev–Trinajstić information content (AvgIpc) is 3.07. The average molecular weight is 324 g/mol. The first-order valence-corrected chi connectivity index (χ1v) is 7.01. The molecule has 2 heterocycles. The van der Waals surface area contributed by atoms with Crippen molar-refractivity contribution in [3.63, 3.8) is 0 Å². The smallest absolute Gasteiger partial charge is 0.305 e. The Bertz CT molecular complexity index is 809. The molecular weight excluding hydrogens is 313 g/mol. The Balaban J connectivity index is 2.21. The van der Waals surface area contributed by atoms with Crippen molar-refractivity contribution in [3.8, 4) is 11.1 Å². The highest BCUT2D eigenvalue weighted by Gasteiger charge is 2.16. The number of aromatic amines is 1. The molecule has 0 spiro atoms. The Morgan fingerprint density at radius 1 is 1.38 bits per heavy atom. The van der Waals surface area contributed by atoms with Crippen molar-refractivity contribution in [1.82, 2.24) is 14.8 Å². The van der Waals surface area contributed by atoms with Crippen molar-refractivity contribution in [2.45, 2.75) is 13.0 Å². The quantitative estimate of drug-likeness (QED) is 0.766. The van der Waals surface area contributed by atoms with Crippen LogP contribution in [0.1, 0.15) is 6.42 Å². The second-order valence-corrected chi connectivity index (χ2v) is 5.41. The van der Waals surface area contributed by atoms with Gasteiger partial charge in [0.25, 0.3) is 0 Å². The lowest BCUT2D eigenvalue weighted by Crippen LogP contribution is -2.03. The first kappa shape index (κ1) is 14.0. The van der Waals surface area contributed by atoms with E-state index in [-0.39, 0.29) is 6.42 Å². The fourth-order valence-corrected chi connectivity index (χ4v) is 2.77. The van der Waals surface area contributed by atoms with Gasteiger partial charge in [0.05, 0.1) is 28.2 Å². The molecule has 0 aliphatic carbocycles. The molecule has 7 heteroatoms. The number of rotatable bonds is 4. The number of carboxylic acid groups (broad SMARTS) is 1.